The van der Waals surface area contributed by atoms with E-state index in [0.717, 1.165) is 17.8 Å². The monoisotopic (exact) mass is 318 g/mol. The van der Waals surface area contributed by atoms with Crippen molar-refractivity contribution in [2.24, 2.45) is 0 Å². The zero-order valence-corrected chi connectivity index (χ0v) is 14.4. The van der Waals surface area contributed by atoms with Crippen LogP contribution in [0.25, 0.3) is 0 Å². The second kappa shape index (κ2) is 8.12. The molecule has 0 bridgehead atoms. The van der Waals surface area contributed by atoms with Crippen molar-refractivity contribution < 1.29 is 8.42 Å². The minimum Gasteiger partial charge on any atom is -0.315 e. The highest BCUT2D eigenvalue weighted by Gasteiger charge is 2.16. The summed E-state index contributed by atoms with van der Waals surface area (Å²) in [7, 11) is -3.19. The van der Waals surface area contributed by atoms with Crippen molar-refractivity contribution >= 4 is 21.4 Å². The molecule has 0 spiro atoms. The second-order valence-corrected chi connectivity index (χ2v) is 8.62. The minimum atomic E-state index is -3.19. The van der Waals surface area contributed by atoms with Crippen LogP contribution in [0.1, 0.15) is 49.4 Å². The maximum Gasteiger partial charge on any atom is 0.212 e. The summed E-state index contributed by atoms with van der Waals surface area (Å²) in [6.45, 7) is 8.96. The van der Waals surface area contributed by atoms with E-state index < -0.39 is 10.0 Å². The van der Waals surface area contributed by atoms with Crippen LogP contribution in [-0.4, -0.2) is 26.8 Å². The number of thiophene rings is 1. The van der Waals surface area contributed by atoms with Gasteiger partial charge in [0.25, 0.3) is 0 Å². The Labute approximate surface area is 127 Å². The van der Waals surface area contributed by atoms with Crippen LogP contribution in [0.5, 0.6) is 0 Å². The fraction of sp³-hybridized carbons (Fsp3) is 0.714. The van der Waals surface area contributed by atoms with Gasteiger partial charge >= 0.3 is 0 Å². The summed E-state index contributed by atoms with van der Waals surface area (Å²) in [5.74, 6) is 0.196. The molecule has 0 aliphatic heterocycles. The number of aryl methyl sites for hydroxylation is 1. The lowest BCUT2D eigenvalue weighted by molar-refractivity contribution is 0.550. The molecule has 1 rings (SSSR count). The average molecular weight is 319 g/mol. The first kappa shape index (κ1) is 17.6. The molecule has 0 radical (unpaired) electrons. The van der Waals surface area contributed by atoms with Crippen LogP contribution in [0.2, 0.25) is 0 Å². The van der Waals surface area contributed by atoms with Crippen molar-refractivity contribution in [3.8, 4) is 0 Å². The number of nitrogens with one attached hydrogen (secondary N) is 2. The summed E-state index contributed by atoms with van der Waals surface area (Å²) in [6.07, 6.45) is 1.57. The topological polar surface area (TPSA) is 58.2 Å². The fourth-order valence-corrected chi connectivity index (χ4v) is 4.20. The van der Waals surface area contributed by atoms with Gasteiger partial charge in [-0.15, -0.1) is 11.3 Å². The third-order valence-corrected chi connectivity index (χ3v) is 5.66. The lowest BCUT2D eigenvalue weighted by atomic mass is 10.3. The molecule has 4 nitrogen and oxygen atoms in total. The van der Waals surface area contributed by atoms with E-state index in [1.54, 1.807) is 11.3 Å². The van der Waals surface area contributed by atoms with Crippen LogP contribution in [0.15, 0.2) is 12.1 Å². The quantitative estimate of drug-likeness (QED) is 0.688. The van der Waals surface area contributed by atoms with Crippen molar-refractivity contribution in [1.82, 2.24) is 10.0 Å². The summed E-state index contributed by atoms with van der Waals surface area (Å²) in [5.41, 5.74) is 0. The van der Waals surface area contributed by atoms with Gasteiger partial charge < -0.3 is 5.32 Å². The normalized spacial score (nSPS) is 13.8. The molecule has 1 heterocycles. The van der Waals surface area contributed by atoms with Gasteiger partial charge in [-0.25, -0.2) is 13.1 Å². The van der Waals surface area contributed by atoms with Crippen molar-refractivity contribution in [1.29, 1.82) is 0 Å². The summed E-state index contributed by atoms with van der Waals surface area (Å²) >= 11 is 1.63. The molecule has 1 aromatic heterocycles. The molecule has 0 fully saturated rings. The van der Waals surface area contributed by atoms with E-state index in [2.05, 4.69) is 23.9 Å². The molecule has 116 valence electrons. The molecule has 1 aromatic rings. The Kier molecular flexibility index (Phi) is 7.15. The summed E-state index contributed by atoms with van der Waals surface area (Å²) in [5, 5.41) is 3.29. The zero-order valence-electron chi connectivity index (χ0n) is 12.8. The van der Waals surface area contributed by atoms with Gasteiger partial charge in [0.15, 0.2) is 0 Å². The van der Waals surface area contributed by atoms with Gasteiger partial charge in [0.1, 0.15) is 0 Å². The molecule has 6 heteroatoms. The first-order chi connectivity index (χ1) is 9.30. The molecule has 1 unspecified atom stereocenters. The van der Waals surface area contributed by atoms with E-state index in [1.165, 1.54) is 4.88 Å². The lowest BCUT2D eigenvalue weighted by Crippen LogP contribution is -2.29. The third kappa shape index (κ3) is 6.83. The van der Waals surface area contributed by atoms with Gasteiger partial charge in [-0.05, 0) is 45.4 Å². The van der Waals surface area contributed by atoms with Gasteiger partial charge in [0.2, 0.25) is 10.0 Å². The predicted octanol–water partition coefficient (Wildman–Crippen LogP) is 2.82. The highest BCUT2D eigenvalue weighted by molar-refractivity contribution is 7.89. The van der Waals surface area contributed by atoms with E-state index in [-0.39, 0.29) is 11.8 Å². The van der Waals surface area contributed by atoms with E-state index in [0.29, 0.717) is 12.5 Å². The number of hydrogen-bond acceptors (Lipinski definition) is 4. The highest BCUT2D eigenvalue weighted by Crippen LogP contribution is 2.22. The Balaban J connectivity index is 2.34. The number of rotatable bonds is 9. The van der Waals surface area contributed by atoms with E-state index in [1.807, 2.05) is 26.0 Å². The SMILES string of the molecule is Cc1ccc(C(C)NS(=O)(=O)CCCCNC(C)C)s1. The largest absolute Gasteiger partial charge is 0.315 e. The third-order valence-electron chi connectivity index (χ3n) is 2.94. The second-order valence-electron chi connectivity index (χ2n) is 5.42. The Hall–Kier alpha value is -0.430. The molecule has 0 saturated heterocycles. The van der Waals surface area contributed by atoms with Crippen LogP contribution in [0, 0.1) is 6.92 Å². The summed E-state index contributed by atoms with van der Waals surface area (Å²) in [6, 6.07) is 4.31. The first-order valence-electron chi connectivity index (χ1n) is 7.10. The van der Waals surface area contributed by atoms with E-state index >= 15 is 0 Å². The van der Waals surface area contributed by atoms with Gasteiger partial charge in [0, 0.05) is 15.8 Å². The van der Waals surface area contributed by atoms with Crippen molar-refractivity contribution in [3.05, 3.63) is 21.9 Å². The maximum absolute atomic E-state index is 12.0. The summed E-state index contributed by atoms with van der Waals surface area (Å²) in [4.78, 5) is 2.26. The van der Waals surface area contributed by atoms with Crippen LogP contribution in [-0.2, 0) is 10.0 Å². The average Bonchev–Trinajstić information content (AvgIpc) is 2.74. The molecular formula is C14H26N2O2S2. The standard InChI is InChI=1S/C14H26N2O2S2/c1-11(2)15-9-5-6-10-20(17,18)16-13(4)14-8-7-12(3)19-14/h7-8,11,13,15-16H,5-6,9-10H2,1-4H3. The van der Waals surface area contributed by atoms with Gasteiger partial charge in [-0.3, -0.25) is 0 Å². The first-order valence-corrected chi connectivity index (χ1v) is 9.57. The van der Waals surface area contributed by atoms with Crippen molar-refractivity contribution in [3.63, 3.8) is 0 Å². The minimum absolute atomic E-state index is 0.146. The van der Waals surface area contributed by atoms with E-state index in [4.69, 9.17) is 0 Å². The molecule has 0 aliphatic carbocycles. The zero-order chi connectivity index (χ0) is 15.2. The van der Waals surface area contributed by atoms with Crippen LogP contribution in [0.4, 0.5) is 0 Å². The maximum atomic E-state index is 12.0. The summed E-state index contributed by atoms with van der Waals surface area (Å²) < 4.78 is 26.7. The fourth-order valence-electron chi connectivity index (χ4n) is 1.88. The molecule has 0 amide bonds. The molecule has 0 aliphatic rings. The number of unbranched alkanes of at least 4 members (excludes halogenated alkanes) is 1. The number of hydrogen-bond donors (Lipinski definition) is 2. The molecule has 0 aromatic carbocycles. The van der Waals surface area contributed by atoms with Gasteiger partial charge in [-0.2, -0.15) is 0 Å². The molecular weight excluding hydrogens is 292 g/mol. The molecule has 2 N–H and O–H groups in total. The molecule has 0 saturated carbocycles. The van der Waals surface area contributed by atoms with Crippen molar-refractivity contribution in [2.45, 2.75) is 52.6 Å². The lowest BCUT2D eigenvalue weighted by Gasteiger charge is -2.13. The number of sulfonamides is 1. The Morgan fingerprint density at radius 3 is 2.45 bits per heavy atom. The molecule has 1 atom stereocenters. The Bertz CT molecular complexity index is 495. The van der Waals surface area contributed by atoms with Gasteiger partial charge in [-0.1, -0.05) is 13.8 Å². The van der Waals surface area contributed by atoms with Gasteiger partial charge in [0.05, 0.1) is 11.8 Å². The van der Waals surface area contributed by atoms with E-state index in [9.17, 15) is 8.42 Å². The van der Waals surface area contributed by atoms with Crippen LogP contribution < -0.4 is 10.0 Å². The predicted molar refractivity (Wildman–Crippen MR) is 86.8 cm³/mol. The van der Waals surface area contributed by atoms with Crippen LogP contribution in [0.3, 0.4) is 0 Å². The highest BCUT2D eigenvalue weighted by atomic mass is 32.2. The molecule has 20 heavy (non-hydrogen) atoms. The Morgan fingerprint density at radius 1 is 1.20 bits per heavy atom. The van der Waals surface area contributed by atoms with Crippen molar-refractivity contribution in [2.75, 3.05) is 12.3 Å². The Morgan fingerprint density at radius 2 is 1.90 bits per heavy atom. The van der Waals surface area contributed by atoms with Crippen LogP contribution >= 0.6 is 11.3 Å². The smallest absolute Gasteiger partial charge is 0.212 e.